The number of carbonyl (C=O) groups excluding carboxylic acids is 2. The molecule has 3 aromatic rings. The molecule has 6 nitrogen and oxygen atoms in total. The summed E-state index contributed by atoms with van der Waals surface area (Å²) in [5, 5.41) is 5.96. The minimum atomic E-state index is -0.178. The average Bonchev–Trinajstić information content (AvgIpc) is 3.09. The Morgan fingerprint density at radius 3 is 2.67 bits per heavy atom. The van der Waals surface area contributed by atoms with Crippen molar-refractivity contribution in [2.24, 2.45) is 5.92 Å². The lowest BCUT2D eigenvalue weighted by molar-refractivity contribution is -0.131. The fourth-order valence-electron chi connectivity index (χ4n) is 4.17. The van der Waals surface area contributed by atoms with Crippen molar-refractivity contribution >= 4 is 22.5 Å². The summed E-state index contributed by atoms with van der Waals surface area (Å²) >= 11 is 0. The van der Waals surface area contributed by atoms with E-state index in [0.29, 0.717) is 24.4 Å². The van der Waals surface area contributed by atoms with E-state index in [4.69, 9.17) is 9.26 Å². The molecule has 4 rings (SSSR count). The zero-order valence-corrected chi connectivity index (χ0v) is 17.6. The van der Waals surface area contributed by atoms with E-state index in [0.717, 1.165) is 40.6 Å². The van der Waals surface area contributed by atoms with Crippen molar-refractivity contribution in [3.8, 4) is 5.75 Å². The first-order chi connectivity index (χ1) is 14.5. The van der Waals surface area contributed by atoms with Crippen LogP contribution in [0.2, 0.25) is 0 Å². The van der Waals surface area contributed by atoms with Gasteiger partial charge in [0.05, 0.1) is 19.2 Å². The number of nitrogens with zero attached hydrogens (tertiary/aromatic N) is 2. The molecule has 0 bridgehead atoms. The normalized spacial score (nSPS) is 16.6. The summed E-state index contributed by atoms with van der Waals surface area (Å²) in [6, 6.07) is 11.6. The van der Waals surface area contributed by atoms with Crippen molar-refractivity contribution in [2.45, 2.75) is 33.1 Å². The van der Waals surface area contributed by atoms with Crippen LogP contribution >= 0.6 is 0 Å². The summed E-state index contributed by atoms with van der Waals surface area (Å²) < 4.78 is 10.4. The Morgan fingerprint density at radius 2 is 1.93 bits per heavy atom. The van der Waals surface area contributed by atoms with Gasteiger partial charge in [-0.15, -0.1) is 0 Å². The van der Waals surface area contributed by atoms with Gasteiger partial charge in [0.2, 0.25) is 5.91 Å². The smallest absolute Gasteiger partial charge is 0.227 e. The molecule has 0 unspecified atom stereocenters. The third-order valence-corrected chi connectivity index (χ3v) is 5.99. The second kappa shape index (κ2) is 8.30. The lowest BCUT2D eigenvalue weighted by Gasteiger charge is -2.32. The molecule has 1 aliphatic rings. The quantitative estimate of drug-likeness (QED) is 0.596. The van der Waals surface area contributed by atoms with E-state index < -0.39 is 0 Å². The number of piperidine rings is 1. The molecule has 0 aliphatic carbocycles. The van der Waals surface area contributed by atoms with Crippen molar-refractivity contribution in [2.75, 3.05) is 20.2 Å². The van der Waals surface area contributed by atoms with E-state index >= 15 is 0 Å². The molecule has 2 aromatic carbocycles. The Balaban J connectivity index is 1.48. The maximum Gasteiger partial charge on any atom is 0.227 e. The Bertz CT molecular complexity index is 1080. The molecular formula is C24H26N2O4. The van der Waals surface area contributed by atoms with Gasteiger partial charge in [0.1, 0.15) is 11.5 Å². The number of Topliss-reactive ketones (excluding diaryl/α,β-unsaturated/α-hetero) is 1. The third kappa shape index (κ3) is 3.95. The summed E-state index contributed by atoms with van der Waals surface area (Å²) in [5.74, 6) is 1.41. The lowest BCUT2D eigenvalue weighted by atomic mass is 9.89. The lowest BCUT2D eigenvalue weighted by Crippen LogP contribution is -2.43. The number of amides is 1. The summed E-state index contributed by atoms with van der Waals surface area (Å²) in [4.78, 5) is 27.8. The highest BCUT2D eigenvalue weighted by molar-refractivity contribution is 6.01. The highest BCUT2D eigenvalue weighted by Gasteiger charge is 2.29. The van der Waals surface area contributed by atoms with Gasteiger partial charge in [0.15, 0.2) is 5.78 Å². The monoisotopic (exact) mass is 406 g/mol. The molecular weight excluding hydrogens is 380 g/mol. The SMILES string of the molecule is COc1ccc2cc(C(=O)[C@@H]3CCCN(C(=O)Cc4c(C)noc4C)C3)ccc2c1. The van der Waals surface area contributed by atoms with E-state index in [1.807, 2.05) is 55.1 Å². The molecule has 1 saturated heterocycles. The van der Waals surface area contributed by atoms with Gasteiger partial charge in [-0.05, 0) is 55.7 Å². The predicted molar refractivity (Wildman–Crippen MR) is 114 cm³/mol. The maximum atomic E-state index is 13.2. The van der Waals surface area contributed by atoms with Gasteiger partial charge in [-0.2, -0.15) is 0 Å². The number of ether oxygens (including phenoxy) is 1. The molecule has 30 heavy (non-hydrogen) atoms. The molecule has 0 N–H and O–H groups in total. The van der Waals surface area contributed by atoms with Crippen LogP contribution in [0.3, 0.4) is 0 Å². The van der Waals surface area contributed by atoms with Gasteiger partial charge in [-0.25, -0.2) is 0 Å². The fraction of sp³-hybridized carbons (Fsp3) is 0.375. The number of fused-ring (bicyclic) bond motifs is 1. The van der Waals surface area contributed by atoms with E-state index in [2.05, 4.69) is 5.16 Å². The summed E-state index contributed by atoms with van der Waals surface area (Å²) in [6.45, 7) is 4.81. The standard InChI is InChI=1S/C24H26N2O4/c1-15-22(16(2)30-25-15)13-23(27)26-10-4-5-20(14-26)24(28)19-7-6-18-12-21(29-3)9-8-17(18)11-19/h6-9,11-12,20H,4-5,10,13-14H2,1-3H3/t20-/m1/s1. The molecule has 1 aliphatic heterocycles. The number of methoxy groups -OCH3 is 1. The highest BCUT2D eigenvalue weighted by Crippen LogP contribution is 2.26. The number of aryl methyl sites for hydroxylation is 2. The van der Waals surface area contributed by atoms with Crippen LogP contribution in [0.1, 0.15) is 40.2 Å². The van der Waals surface area contributed by atoms with Crippen molar-refractivity contribution < 1.29 is 18.8 Å². The Labute approximate surface area is 175 Å². The van der Waals surface area contributed by atoms with Gasteiger partial charge in [-0.3, -0.25) is 9.59 Å². The van der Waals surface area contributed by atoms with Crippen LogP contribution in [0.5, 0.6) is 5.75 Å². The fourth-order valence-corrected chi connectivity index (χ4v) is 4.17. The minimum absolute atomic E-state index is 0.0208. The summed E-state index contributed by atoms with van der Waals surface area (Å²) in [7, 11) is 1.64. The second-order valence-corrected chi connectivity index (χ2v) is 7.95. The van der Waals surface area contributed by atoms with Gasteiger partial charge in [0, 0.05) is 30.1 Å². The van der Waals surface area contributed by atoms with Crippen LogP contribution in [0.25, 0.3) is 10.8 Å². The van der Waals surface area contributed by atoms with Crippen LogP contribution < -0.4 is 4.74 Å². The molecule has 0 spiro atoms. The van der Waals surface area contributed by atoms with E-state index in [1.54, 1.807) is 7.11 Å². The number of carbonyl (C=O) groups is 2. The molecule has 1 aromatic heterocycles. The van der Waals surface area contributed by atoms with E-state index in [1.165, 1.54) is 0 Å². The molecule has 0 radical (unpaired) electrons. The zero-order valence-electron chi connectivity index (χ0n) is 17.6. The van der Waals surface area contributed by atoms with E-state index in [-0.39, 0.29) is 24.0 Å². The zero-order chi connectivity index (χ0) is 21.3. The Morgan fingerprint density at radius 1 is 1.17 bits per heavy atom. The van der Waals surface area contributed by atoms with Crippen LogP contribution in [0, 0.1) is 19.8 Å². The average molecular weight is 406 g/mol. The summed E-state index contributed by atoms with van der Waals surface area (Å²) in [5.41, 5.74) is 2.29. The first kappa shape index (κ1) is 20.1. The number of hydrogen-bond donors (Lipinski definition) is 0. The van der Waals surface area contributed by atoms with Gasteiger partial charge in [-0.1, -0.05) is 23.4 Å². The summed E-state index contributed by atoms with van der Waals surface area (Å²) in [6.07, 6.45) is 1.89. The first-order valence-corrected chi connectivity index (χ1v) is 10.3. The number of aromatic nitrogens is 1. The van der Waals surface area contributed by atoms with E-state index in [9.17, 15) is 9.59 Å². The predicted octanol–water partition coefficient (Wildman–Crippen LogP) is 4.12. The number of benzene rings is 2. The minimum Gasteiger partial charge on any atom is -0.497 e. The molecule has 2 heterocycles. The number of ketones is 1. The molecule has 1 atom stereocenters. The van der Waals surface area contributed by atoms with Crippen LogP contribution in [0.15, 0.2) is 40.9 Å². The number of rotatable bonds is 5. The van der Waals surface area contributed by atoms with Crippen LogP contribution in [-0.2, 0) is 11.2 Å². The molecule has 1 fully saturated rings. The maximum absolute atomic E-state index is 13.2. The van der Waals surface area contributed by atoms with Crippen molar-refractivity contribution in [3.05, 3.63) is 59.0 Å². The van der Waals surface area contributed by atoms with Crippen LogP contribution in [0.4, 0.5) is 0 Å². The molecule has 1 amide bonds. The van der Waals surface area contributed by atoms with Gasteiger partial charge < -0.3 is 14.2 Å². The molecule has 156 valence electrons. The second-order valence-electron chi connectivity index (χ2n) is 7.95. The first-order valence-electron chi connectivity index (χ1n) is 10.3. The van der Waals surface area contributed by atoms with Crippen molar-refractivity contribution in [3.63, 3.8) is 0 Å². The number of hydrogen-bond acceptors (Lipinski definition) is 5. The largest absolute Gasteiger partial charge is 0.497 e. The van der Waals surface area contributed by atoms with Gasteiger partial charge >= 0.3 is 0 Å². The Hall–Kier alpha value is -3.15. The topological polar surface area (TPSA) is 72.6 Å². The molecule has 0 saturated carbocycles. The highest BCUT2D eigenvalue weighted by atomic mass is 16.5. The third-order valence-electron chi connectivity index (χ3n) is 5.99. The van der Waals surface area contributed by atoms with Crippen molar-refractivity contribution in [1.29, 1.82) is 0 Å². The Kier molecular flexibility index (Phi) is 5.57. The molecule has 6 heteroatoms. The van der Waals surface area contributed by atoms with Crippen LogP contribution in [-0.4, -0.2) is 41.9 Å². The number of likely N-dealkylation sites (tertiary alicyclic amines) is 1. The van der Waals surface area contributed by atoms with Crippen molar-refractivity contribution in [1.82, 2.24) is 10.1 Å². The van der Waals surface area contributed by atoms with Gasteiger partial charge in [0.25, 0.3) is 0 Å².